The monoisotopic (exact) mass is 378 g/mol. The van der Waals surface area contributed by atoms with Gasteiger partial charge in [-0.2, -0.15) is 4.89 Å². The summed E-state index contributed by atoms with van der Waals surface area (Å²) in [5.41, 5.74) is 5.82. The van der Waals surface area contributed by atoms with Crippen LogP contribution < -0.4 is 9.79 Å². The van der Waals surface area contributed by atoms with Crippen LogP contribution in [-0.4, -0.2) is 44.2 Å². The average Bonchev–Trinajstić information content (AvgIpc) is 3.17. The lowest BCUT2D eigenvalue weighted by Crippen LogP contribution is -2.47. The molecule has 0 saturated carbocycles. The van der Waals surface area contributed by atoms with E-state index in [4.69, 9.17) is 9.78 Å². The first kappa shape index (κ1) is 18.0. The summed E-state index contributed by atoms with van der Waals surface area (Å²) in [6, 6.07) is 15.3. The van der Waals surface area contributed by atoms with Gasteiger partial charge in [-0.25, -0.2) is 0 Å². The molecule has 28 heavy (non-hydrogen) atoms. The molecule has 0 atom stereocenters. The highest BCUT2D eigenvalue weighted by Crippen LogP contribution is 2.33. The van der Waals surface area contributed by atoms with E-state index in [1.54, 1.807) is 11.1 Å². The second-order valence-corrected chi connectivity index (χ2v) is 8.42. The van der Waals surface area contributed by atoms with Crippen molar-refractivity contribution >= 4 is 5.69 Å². The number of piperazine rings is 1. The maximum Gasteiger partial charge on any atom is 0.170 e. The van der Waals surface area contributed by atoms with E-state index in [-0.39, 0.29) is 0 Å². The molecule has 0 N–H and O–H groups in total. The van der Waals surface area contributed by atoms with Crippen molar-refractivity contribution in [2.75, 3.05) is 44.2 Å². The fraction of sp³-hybridized carbons (Fsp3) is 0.500. The molecule has 1 aliphatic carbocycles. The highest BCUT2D eigenvalue weighted by molar-refractivity contribution is 5.60. The van der Waals surface area contributed by atoms with Crippen LogP contribution in [0.3, 0.4) is 0 Å². The summed E-state index contributed by atoms with van der Waals surface area (Å²) in [7, 11) is 0. The van der Waals surface area contributed by atoms with E-state index >= 15 is 0 Å². The molecule has 148 valence electrons. The van der Waals surface area contributed by atoms with E-state index in [0.717, 1.165) is 44.3 Å². The topological polar surface area (TPSA) is 24.9 Å². The maximum absolute atomic E-state index is 5.36. The van der Waals surface area contributed by atoms with Gasteiger partial charge in [0.2, 0.25) is 0 Å². The molecular formula is C24H30N2O2. The quantitative estimate of drug-likeness (QED) is 0.738. The van der Waals surface area contributed by atoms with Gasteiger partial charge in [-0.05, 0) is 61.4 Å². The standard InChI is InChI=1S/C24H30N2O2/c1-2-7-21-18-19(17-20(21)6-1)5-4-11-25-12-14-26(15-13-25)23-8-3-9-24-22(23)10-16-27-28-24/h1-3,6-9,19H,4-5,10-18H2. The van der Waals surface area contributed by atoms with Crippen molar-refractivity contribution in [2.24, 2.45) is 5.92 Å². The van der Waals surface area contributed by atoms with Gasteiger partial charge >= 0.3 is 0 Å². The Bertz CT molecular complexity index is 789. The predicted molar refractivity (Wildman–Crippen MR) is 112 cm³/mol. The molecule has 1 fully saturated rings. The van der Waals surface area contributed by atoms with Crippen molar-refractivity contribution in [1.29, 1.82) is 0 Å². The van der Waals surface area contributed by atoms with Gasteiger partial charge in [-0.1, -0.05) is 30.3 Å². The molecule has 0 spiro atoms. The van der Waals surface area contributed by atoms with E-state index in [1.165, 1.54) is 43.5 Å². The van der Waals surface area contributed by atoms with Crippen molar-refractivity contribution < 1.29 is 9.78 Å². The van der Waals surface area contributed by atoms with Crippen LogP contribution in [0.25, 0.3) is 0 Å². The molecule has 5 rings (SSSR count). The number of anilines is 1. The molecule has 0 aromatic heterocycles. The smallest absolute Gasteiger partial charge is 0.170 e. The van der Waals surface area contributed by atoms with Gasteiger partial charge in [0, 0.05) is 43.9 Å². The van der Waals surface area contributed by atoms with Crippen LogP contribution in [0.15, 0.2) is 42.5 Å². The summed E-state index contributed by atoms with van der Waals surface area (Å²) in [6.45, 7) is 6.41. The van der Waals surface area contributed by atoms with Gasteiger partial charge in [-0.15, -0.1) is 0 Å². The molecule has 3 aliphatic rings. The third-order valence-electron chi connectivity index (χ3n) is 6.63. The van der Waals surface area contributed by atoms with Crippen molar-refractivity contribution in [3.63, 3.8) is 0 Å². The van der Waals surface area contributed by atoms with Crippen LogP contribution in [-0.2, 0) is 24.2 Å². The lowest BCUT2D eigenvalue weighted by molar-refractivity contribution is -0.215. The summed E-state index contributed by atoms with van der Waals surface area (Å²) in [6.07, 6.45) is 6.20. The third-order valence-corrected chi connectivity index (χ3v) is 6.63. The van der Waals surface area contributed by atoms with E-state index in [2.05, 4.69) is 46.2 Å². The van der Waals surface area contributed by atoms with Crippen molar-refractivity contribution in [3.05, 3.63) is 59.2 Å². The fourth-order valence-electron chi connectivity index (χ4n) is 5.10. The SMILES string of the molecule is c1ccc2c(c1)CC(CCCN1CCN(c3cccc4c3CCOO4)CC1)C2. The van der Waals surface area contributed by atoms with Gasteiger partial charge in [0.15, 0.2) is 5.75 Å². The summed E-state index contributed by atoms with van der Waals surface area (Å²) in [4.78, 5) is 15.7. The third kappa shape index (κ3) is 3.76. The molecule has 2 aromatic carbocycles. The summed E-state index contributed by atoms with van der Waals surface area (Å²) in [5.74, 6) is 1.75. The first-order chi connectivity index (χ1) is 13.9. The first-order valence-electron chi connectivity index (χ1n) is 10.8. The van der Waals surface area contributed by atoms with E-state index < -0.39 is 0 Å². The van der Waals surface area contributed by atoms with E-state index in [1.807, 2.05) is 6.07 Å². The Balaban J connectivity index is 1.09. The number of rotatable bonds is 5. The minimum Gasteiger partial charge on any atom is -0.369 e. The molecule has 0 bridgehead atoms. The van der Waals surface area contributed by atoms with Gasteiger partial charge in [0.25, 0.3) is 0 Å². The van der Waals surface area contributed by atoms with Gasteiger partial charge in [0.05, 0.1) is 6.61 Å². The molecule has 1 saturated heterocycles. The van der Waals surface area contributed by atoms with E-state index in [0.29, 0.717) is 6.61 Å². The van der Waals surface area contributed by atoms with Crippen LogP contribution in [0.2, 0.25) is 0 Å². The first-order valence-corrected chi connectivity index (χ1v) is 10.8. The molecule has 2 heterocycles. The molecule has 0 amide bonds. The summed E-state index contributed by atoms with van der Waals surface area (Å²) < 4.78 is 0. The van der Waals surface area contributed by atoms with Crippen LogP contribution >= 0.6 is 0 Å². The highest BCUT2D eigenvalue weighted by atomic mass is 17.2. The Kier molecular flexibility index (Phi) is 5.24. The van der Waals surface area contributed by atoms with E-state index in [9.17, 15) is 0 Å². The van der Waals surface area contributed by atoms with Crippen LogP contribution in [0, 0.1) is 5.92 Å². The largest absolute Gasteiger partial charge is 0.369 e. The molecule has 4 heteroatoms. The van der Waals surface area contributed by atoms with Crippen molar-refractivity contribution in [3.8, 4) is 5.75 Å². The normalized spacial score (nSPS) is 19.9. The number of benzene rings is 2. The van der Waals surface area contributed by atoms with Gasteiger partial charge < -0.3 is 9.79 Å². The Morgan fingerprint density at radius 1 is 0.893 bits per heavy atom. The zero-order valence-electron chi connectivity index (χ0n) is 16.6. The van der Waals surface area contributed by atoms with Crippen LogP contribution in [0.1, 0.15) is 29.5 Å². The van der Waals surface area contributed by atoms with Gasteiger partial charge in [-0.3, -0.25) is 4.90 Å². The van der Waals surface area contributed by atoms with Gasteiger partial charge in [0.1, 0.15) is 0 Å². The molecule has 0 unspecified atom stereocenters. The van der Waals surface area contributed by atoms with Crippen LogP contribution in [0.4, 0.5) is 5.69 Å². The molecular weight excluding hydrogens is 348 g/mol. The minimum absolute atomic E-state index is 0.648. The fourth-order valence-corrected chi connectivity index (χ4v) is 5.10. The minimum atomic E-state index is 0.648. The molecule has 0 radical (unpaired) electrons. The summed E-state index contributed by atoms with van der Waals surface area (Å²) in [5, 5.41) is 0. The lowest BCUT2D eigenvalue weighted by atomic mass is 10.00. The average molecular weight is 379 g/mol. The Morgan fingerprint density at radius 2 is 1.68 bits per heavy atom. The molecule has 2 aromatic rings. The maximum atomic E-state index is 5.36. The lowest BCUT2D eigenvalue weighted by Gasteiger charge is -2.37. The zero-order valence-corrected chi connectivity index (χ0v) is 16.6. The predicted octanol–water partition coefficient (Wildman–Crippen LogP) is 3.87. The van der Waals surface area contributed by atoms with Crippen LogP contribution in [0.5, 0.6) is 5.75 Å². The van der Waals surface area contributed by atoms with Crippen molar-refractivity contribution in [2.45, 2.75) is 32.1 Å². The molecule has 4 nitrogen and oxygen atoms in total. The Hall–Kier alpha value is -2.04. The number of nitrogens with zero attached hydrogens (tertiary/aromatic N) is 2. The zero-order chi connectivity index (χ0) is 18.8. The number of hydrogen-bond donors (Lipinski definition) is 0. The second kappa shape index (κ2) is 8.14. The highest BCUT2D eigenvalue weighted by Gasteiger charge is 2.24. The second-order valence-electron chi connectivity index (χ2n) is 8.42. The number of hydrogen-bond acceptors (Lipinski definition) is 4. The summed E-state index contributed by atoms with van der Waals surface area (Å²) >= 11 is 0. The Morgan fingerprint density at radius 3 is 2.46 bits per heavy atom. The Labute approximate surface area is 168 Å². The number of fused-ring (bicyclic) bond motifs is 2. The molecule has 2 aliphatic heterocycles. The van der Waals surface area contributed by atoms with Crippen molar-refractivity contribution in [1.82, 2.24) is 4.90 Å².